The van der Waals surface area contributed by atoms with Crippen molar-refractivity contribution in [2.75, 3.05) is 56.0 Å². The lowest BCUT2D eigenvalue weighted by Crippen LogP contribution is -2.49. The molecule has 0 atom stereocenters. The van der Waals surface area contributed by atoms with Gasteiger partial charge in [-0.2, -0.15) is 4.98 Å². The molecule has 6 rings (SSSR count). The lowest BCUT2D eigenvalue weighted by atomic mass is 9.95. The SMILES string of the molecule is O=C(c1ccccn1)N1CCN(c2nc(NCc3cn(CCCNCCCNC4CCCCC4)[nH]3)nc3ccccc23)CC1. The van der Waals surface area contributed by atoms with E-state index < -0.39 is 0 Å². The number of rotatable bonds is 14. The first-order valence-corrected chi connectivity index (χ1v) is 16.4. The van der Waals surface area contributed by atoms with Crippen molar-refractivity contribution in [1.82, 2.24) is 40.3 Å². The van der Waals surface area contributed by atoms with Crippen molar-refractivity contribution in [3.8, 4) is 0 Å². The Bertz CT molecular complexity index is 1440. The zero-order valence-corrected chi connectivity index (χ0v) is 25.7. The van der Waals surface area contributed by atoms with Crippen LogP contribution in [0.15, 0.2) is 54.9 Å². The lowest BCUT2D eigenvalue weighted by Gasteiger charge is -2.35. The fourth-order valence-electron chi connectivity index (χ4n) is 6.23. The second-order valence-corrected chi connectivity index (χ2v) is 11.9. The molecule has 0 bridgehead atoms. The van der Waals surface area contributed by atoms with Crippen LogP contribution in [0, 0.1) is 0 Å². The third-order valence-corrected chi connectivity index (χ3v) is 8.69. The molecule has 1 aliphatic heterocycles. The van der Waals surface area contributed by atoms with Crippen LogP contribution in [0.5, 0.6) is 0 Å². The fraction of sp³-hybridized carbons (Fsp3) is 0.515. The van der Waals surface area contributed by atoms with Crippen molar-refractivity contribution in [3.63, 3.8) is 0 Å². The van der Waals surface area contributed by atoms with Gasteiger partial charge in [-0.3, -0.25) is 19.6 Å². The Kier molecular flexibility index (Phi) is 10.4. The van der Waals surface area contributed by atoms with Gasteiger partial charge >= 0.3 is 0 Å². The summed E-state index contributed by atoms with van der Waals surface area (Å²) in [6.45, 7) is 7.48. The van der Waals surface area contributed by atoms with E-state index in [1.807, 2.05) is 35.2 Å². The number of carbonyl (C=O) groups excluding carboxylic acids is 1. The topological polar surface area (TPSA) is 119 Å². The Morgan fingerprint density at radius 1 is 0.909 bits per heavy atom. The van der Waals surface area contributed by atoms with Crippen LogP contribution in [0.25, 0.3) is 10.9 Å². The van der Waals surface area contributed by atoms with Gasteiger partial charge in [0, 0.05) is 56.5 Å². The minimum absolute atomic E-state index is 0.0238. The Morgan fingerprint density at radius 2 is 1.70 bits per heavy atom. The maximum Gasteiger partial charge on any atom is 0.272 e. The molecular formula is C33H46N10O. The van der Waals surface area contributed by atoms with Gasteiger partial charge in [-0.1, -0.05) is 37.5 Å². The number of amides is 1. The monoisotopic (exact) mass is 598 g/mol. The minimum atomic E-state index is -0.0238. The highest BCUT2D eigenvalue weighted by atomic mass is 16.2. The molecule has 44 heavy (non-hydrogen) atoms. The predicted octanol–water partition coefficient (Wildman–Crippen LogP) is 4.02. The van der Waals surface area contributed by atoms with Crippen LogP contribution in [-0.4, -0.2) is 87.4 Å². The number of nitrogens with one attached hydrogen (secondary N) is 4. The van der Waals surface area contributed by atoms with E-state index in [9.17, 15) is 4.79 Å². The smallest absolute Gasteiger partial charge is 0.272 e. The van der Waals surface area contributed by atoms with Gasteiger partial charge in [0.1, 0.15) is 11.5 Å². The average molecular weight is 599 g/mol. The molecule has 1 aliphatic carbocycles. The van der Waals surface area contributed by atoms with Gasteiger partial charge < -0.3 is 25.8 Å². The summed E-state index contributed by atoms with van der Waals surface area (Å²) in [5, 5.41) is 15.1. The van der Waals surface area contributed by atoms with Gasteiger partial charge in [0.15, 0.2) is 0 Å². The quantitative estimate of drug-likeness (QED) is 0.161. The molecule has 4 N–H and O–H groups in total. The second-order valence-electron chi connectivity index (χ2n) is 11.9. The number of fused-ring (bicyclic) bond motifs is 1. The summed E-state index contributed by atoms with van der Waals surface area (Å²) in [5.74, 6) is 1.48. The highest BCUT2D eigenvalue weighted by molar-refractivity contribution is 5.93. The number of aromatic amines is 1. The van der Waals surface area contributed by atoms with Crippen LogP contribution in [0.2, 0.25) is 0 Å². The van der Waals surface area contributed by atoms with Crippen molar-refractivity contribution in [2.45, 2.75) is 64.1 Å². The number of hydrogen-bond donors (Lipinski definition) is 4. The molecule has 11 heteroatoms. The Morgan fingerprint density at radius 3 is 2.52 bits per heavy atom. The molecule has 11 nitrogen and oxygen atoms in total. The van der Waals surface area contributed by atoms with E-state index >= 15 is 0 Å². The van der Waals surface area contributed by atoms with E-state index in [0.717, 1.165) is 61.1 Å². The van der Waals surface area contributed by atoms with Gasteiger partial charge in [0.25, 0.3) is 5.91 Å². The Balaban J connectivity index is 0.936. The second kappa shape index (κ2) is 15.2. The lowest BCUT2D eigenvalue weighted by molar-refractivity contribution is 0.0740. The molecule has 2 aliphatic rings. The van der Waals surface area contributed by atoms with E-state index in [1.165, 1.54) is 38.5 Å². The van der Waals surface area contributed by atoms with Crippen molar-refractivity contribution < 1.29 is 4.79 Å². The number of aromatic nitrogens is 5. The van der Waals surface area contributed by atoms with Gasteiger partial charge in [0.05, 0.1) is 17.8 Å². The van der Waals surface area contributed by atoms with Gasteiger partial charge in [-0.15, -0.1) is 0 Å². The number of benzene rings is 1. The summed E-state index contributed by atoms with van der Waals surface area (Å²) in [7, 11) is 0. The highest BCUT2D eigenvalue weighted by Gasteiger charge is 2.25. The van der Waals surface area contributed by atoms with Crippen LogP contribution >= 0.6 is 0 Å². The standard InChI is InChI=1S/C33H46N10O/c44-32(30-14-6-7-17-36-30)42-22-20-41(21-23-42)31-28-12-4-5-13-29(28)38-33(39-31)37-24-27-25-43(40-27)19-9-16-34-15-8-18-35-26-10-2-1-3-11-26/h4-7,12-14,17,25-26,34-35,40H,1-3,8-11,15-16,18-24H2,(H,37,38,39). The van der Waals surface area contributed by atoms with E-state index in [0.29, 0.717) is 44.4 Å². The maximum atomic E-state index is 12.9. The third-order valence-electron chi connectivity index (χ3n) is 8.69. The number of nitrogens with zero attached hydrogens (tertiary/aromatic N) is 6. The molecular weight excluding hydrogens is 552 g/mol. The van der Waals surface area contributed by atoms with E-state index in [1.54, 1.807) is 12.3 Å². The van der Waals surface area contributed by atoms with Gasteiger partial charge in [-0.05, 0) is 69.6 Å². The molecule has 0 unspecified atom stereocenters. The molecule has 0 radical (unpaired) electrons. The van der Waals surface area contributed by atoms with E-state index in [-0.39, 0.29) is 5.91 Å². The normalized spacial score (nSPS) is 16.1. The molecule has 1 saturated carbocycles. The molecule has 1 saturated heterocycles. The zero-order valence-electron chi connectivity index (χ0n) is 25.7. The average Bonchev–Trinajstić information content (AvgIpc) is 3.06. The third kappa shape index (κ3) is 7.95. The summed E-state index contributed by atoms with van der Waals surface area (Å²) in [5.41, 5.74) is 2.51. The zero-order chi connectivity index (χ0) is 30.0. The number of piperazine rings is 1. The molecule has 3 aromatic heterocycles. The fourth-order valence-corrected chi connectivity index (χ4v) is 6.23. The number of aryl methyl sites for hydroxylation is 1. The molecule has 1 amide bonds. The van der Waals surface area contributed by atoms with Crippen LogP contribution in [-0.2, 0) is 13.1 Å². The van der Waals surface area contributed by atoms with Crippen LogP contribution in [0.3, 0.4) is 0 Å². The minimum Gasteiger partial charge on any atom is -0.352 e. The first kappa shape index (κ1) is 30.1. The number of pyridine rings is 1. The number of H-pyrrole nitrogens is 1. The van der Waals surface area contributed by atoms with Gasteiger partial charge in [-0.25, -0.2) is 4.98 Å². The largest absolute Gasteiger partial charge is 0.352 e. The van der Waals surface area contributed by atoms with Crippen LogP contribution in [0.4, 0.5) is 11.8 Å². The summed E-state index contributed by atoms with van der Waals surface area (Å²) < 4.78 is 2.14. The summed E-state index contributed by atoms with van der Waals surface area (Å²) in [4.78, 5) is 30.9. The number of hydrogen-bond acceptors (Lipinski definition) is 8. The summed E-state index contributed by atoms with van der Waals surface area (Å²) in [6.07, 6.45) is 13.0. The maximum absolute atomic E-state index is 12.9. The Hall–Kier alpha value is -3.96. The van der Waals surface area contributed by atoms with E-state index in [2.05, 4.69) is 47.9 Å². The predicted molar refractivity (Wildman–Crippen MR) is 175 cm³/mol. The molecule has 4 aromatic rings. The molecule has 234 valence electrons. The van der Waals surface area contributed by atoms with Crippen LogP contribution in [0.1, 0.15) is 61.1 Å². The highest BCUT2D eigenvalue weighted by Crippen LogP contribution is 2.27. The Labute approximate surface area is 259 Å². The van der Waals surface area contributed by atoms with Crippen molar-refractivity contribution in [1.29, 1.82) is 0 Å². The first-order valence-electron chi connectivity index (χ1n) is 16.4. The first-order chi connectivity index (χ1) is 21.7. The number of para-hydroxylation sites is 1. The van der Waals surface area contributed by atoms with Crippen molar-refractivity contribution in [3.05, 3.63) is 66.2 Å². The number of anilines is 2. The van der Waals surface area contributed by atoms with Crippen molar-refractivity contribution >= 4 is 28.6 Å². The van der Waals surface area contributed by atoms with Gasteiger partial charge in [0.2, 0.25) is 5.95 Å². The molecule has 0 spiro atoms. The van der Waals surface area contributed by atoms with Crippen LogP contribution < -0.4 is 20.9 Å². The summed E-state index contributed by atoms with van der Waals surface area (Å²) >= 11 is 0. The molecule has 4 heterocycles. The number of carbonyl (C=O) groups is 1. The van der Waals surface area contributed by atoms with E-state index in [4.69, 9.17) is 9.97 Å². The molecule has 2 fully saturated rings. The molecule has 1 aromatic carbocycles. The van der Waals surface area contributed by atoms with Crippen molar-refractivity contribution in [2.24, 2.45) is 0 Å². The summed E-state index contributed by atoms with van der Waals surface area (Å²) in [6, 6.07) is 14.3.